The van der Waals surface area contributed by atoms with Crippen LogP contribution in [0.3, 0.4) is 0 Å². The smallest absolute Gasteiger partial charge is 0.326 e. The van der Waals surface area contributed by atoms with Crippen molar-refractivity contribution < 1.29 is 22.2 Å². The van der Waals surface area contributed by atoms with Gasteiger partial charge < -0.3 is 5.32 Å². The number of Topliss-reactive ketones (excluding diaryl/α,β-unsaturated/α-hetero) is 1. The summed E-state index contributed by atoms with van der Waals surface area (Å²) >= 11 is 6.14. The highest BCUT2D eigenvalue weighted by Gasteiger charge is 2.22. The Labute approximate surface area is 278 Å². The average molecular weight is 658 g/mol. The lowest BCUT2D eigenvalue weighted by Crippen LogP contribution is -2.23. The highest BCUT2D eigenvalue weighted by molar-refractivity contribution is 7.59. The molecule has 0 aliphatic carbocycles. The number of carbonyl (C=O) groups is 2. The van der Waals surface area contributed by atoms with Crippen LogP contribution in [0.1, 0.15) is 79.1 Å². The first-order valence-electron chi connectivity index (χ1n) is 15.1. The van der Waals surface area contributed by atoms with E-state index in [0.29, 0.717) is 23.4 Å². The zero-order chi connectivity index (χ0) is 33.9. The van der Waals surface area contributed by atoms with Crippen LogP contribution in [0.5, 0.6) is 0 Å². The molecule has 8 heteroatoms. The predicted molar refractivity (Wildman–Crippen MR) is 187 cm³/mol. The Hall–Kier alpha value is -4.33. The molecule has 0 heterocycles. The van der Waals surface area contributed by atoms with Crippen molar-refractivity contribution in [3.05, 3.63) is 130 Å². The van der Waals surface area contributed by atoms with Gasteiger partial charge in [-0.1, -0.05) is 118 Å². The fourth-order valence-electron chi connectivity index (χ4n) is 4.89. The number of ketones is 1. The molecule has 0 bridgehead atoms. The Bertz CT molecular complexity index is 1770. The van der Waals surface area contributed by atoms with E-state index >= 15 is 0 Å². The van der Waals surface area contributed by atoms with E-state index < -0.39 is 16.5 Å². The van der Waals surface area contributed by atoms with E-state index in [9.17, 15) is 9.59 Å². The van der Waals surface area contributed by atoms with Crippen molar-refractivity contribution in [1.82, 2.24) is 0 Å². The molecule has 46 heavy (non-hydrogen) atoms. The van der Waals surface area contributed by atoms with E-state index in [4.69, 9.17) is 24.2 Å². The lowest BCUT2D eigenvalue weighted by atomic mass is 9.89. The second kappa shape index (κ2) is 16.8. The maximum absolute atomic E-state index is 13.8. The van der Waals surface area contributed by atoms with Crippen molar-refractivity contribution >= 4 is 45.7 Å². The van der Waals surface area contributed by atoms with E-state index in [0.717, 1.165) is 45.5 Å². The van der Waals surface area contributed by atoms with Crippen LogP contribution < -0.4 is 5.32 Å². The monoisotopic (exact) mass is 657 g/mol. The molecule has 0 saturated carbocycles. The fraction of sp³-hybridized carbons (Fsp3) is 0.263. The molecule has 1 atom stereocenters. The zero-order valence-corrected chi connectivity index (χ0v) is 28.4. The van der Waals surface area contributed by atoms with Crippen LogP contribution in [0.2, 0.25) is 5.02 Å². The standard InChI is InChI=1S/C38H40ClNO2.O3S/c1-6-7-36(41)31-14-10-28(11-15-31)25-35(30-12-8-27(9-13-30)22-23-38(3,4)5)37(42)40-33-19-16-29(17-20-33)34-21-18-32(39)24-26(34)2;1-4(2)3/h8-24,35H,6-7,25H2,1-5H3,(H,40,42);/b23-22+;/t35-;/m0./s1. The van der Waals surface area contributed by atoms with E-state index in [2.05, 4.69) is 50.4 Å². The SMILES string of the molecule is CCCC(=O)c1ccc(C[C@H](C(=O)Nc2ccc(-c3ccc(Cl)cc3C)cc2)c2ccc(/C=C/C(C)(C)C)cc2)cc1.O=S(=O)=O. The molecular weight excluding hydrogens is 618 g/mol. The van der Waals surface area contributed by atoms with Crippen molar-refractivity contribution in [1.29, 1.82) is 0 Å². The predicted octanol–water partition coefficient (Wildman–Crippen LogP) is 9.32. The summed E-state index contributed by atoms with van der Waals surface area (Å²) in [5, 5.41) is 3.86. The van der Waals surface area contributed by atoms with Gasteiger partial charge in [-0.2, -0.15) is 0 Å². The highest BCUT2D eigenvalue weighted by Crippen LogP contribution is 2.29. The maximum Gasteiger partial charge on any atom is 0.425 e. The molecular formula is C38H40ClNO5S. The third kappa shape index (κ3) is 11.5. The third-order valence-corrected chi connectivity index (χ3v) is 7.51. The summed E-state index contributed by atoms with van der Waals surface area (Å²) < 4.78 is 25.3. The number of aryl methyl sites for hydroxylation is 1. The Morgan fingerprint density at radius 2 is 1.48 bits per heavy atom. The largest absolute Gasteiger partial charge is 0.425 e. The van der Waals surface area contributed by atoms with Gasteiger partial charge in [0, 0.05) is 22.7 Å². The molecule has 0 spiro atoms. The number of hydrogen-bond acceptors (Lipinski definition) is 5. The van der Waals surface area contributed by atoms with Crippen molar-refractivity contribution in [3.63, 3.8) is 0 Å². The first-order chi connectivity index (χ1) is 21.8. The van der Waals surface area contributed by atoms with Crippen molar-refractivity contribution in [3.8, 4) is 11.1 Å². The van der Waals surface area contributed by atoms with Gasteiger partial charge in [0.1, 0.15) is 0 Å². The van der Waals surface area contributed by atoms with E-state index in [1.165, 1.54) is 0 Å². The summed E-state index contributed by atoms with van der Waals surface area (Å²) in [5.41, 5.74) is 7.87. The number of benzene rings is 4. The summed E-state index contributed by atoms with van der Waals surface area (Å²) in [4.78, 5) is 26.1. The molecule has 6 nitrogen and oxygen atoms in total. The Kier molecular flexibility index (Phi) is 13.2. The van der Waals surface area contributed by atoms with E-state index in [1.54, 1.807) is 0 Å². The van der Waals surface area contributed by atoms with Crippen LogP contribution in [0.4, 0.5) is 5.69 Å². The number of halogens is 1. The second-order valence-corrected chi connectivity index (χ2v) is 13.1. The Morgan fingerprint density at radius 3 is 2.02 bits per heavy atom. The minimum absolute atomic E-state index is 0.0745. The summed E-state index contributed by atoms with van der Waals surface area (Å²) in [7, 11) is -3.11. The van der Waals surface area contributed by atoms with Crippen LogP contribution in [0.25, 0.3) is 17.2 Å². The highest BCUT2D eigenvalue weighted by atomic mass is 35.5. The van der Waals surface area contributed by atoms with Crippen molar-refractivity contribution in [2.24, 2.45) is 5.41 Å². The molecule has 0 unspecified atom stereocenters. The summed E-state index contributed by atoms with van der Waals surface area (Å²) in [6, 6.07) is 29.7. The topological polar surface area (TPSA) is 97.4 Å². The van der Waals surface area contributed by atoms with Crippen molar-refractivity contribution in [2.45, 2.75) is 59.8 Å². The molecule has 0 fully saturated rings. The van der Waals surface area contributed by atoms with Crippen LogP contribution in [0.15, 0.2) is 97.1 Å². The van der Waals surface area contributed by atoms with Gasteiger partial charge >= 0.3 is 10.6 Å². The van der Waals surface area contributed by atoms with Gasteiger partial charge in [0.15, 0.2) is 5.78 Å². The minimum Gasteiger partial charge on any atom is -0.326 e. The van der Waals surface area contributed by atoms with Gasteiger partial charge in [0.25, 0.3) is 0 Å². The first-order valence-corrected chi connectivity index (χ1v) is 16.5. The van der Waals surface area contributed by atoms with Gasteiger partial charge in [-0.3, -0.25) is 9.59 Å². The molecule has 1 N–H and O–H groups in total. The maximum atomic E-state index is 13.8. The van der Waals surface area contributed by atoms with Crippen LogP contribution >= 0.6 is 11.6 Å². The molecule has 0 aromatic heterocycles. The second-order valence-electron chi connectivity index (χ2n) is 12.2. The number of allylic oxidation sites excluding steroid dienone is 1. The number of anilines is 1. The number of rotatable bonds is 10. The summed E-state index contributed by atoms with van der Waals surface area (Å²) in [5.74, 6) is -0.329. The van der Waals surface area contributed by atoms with Crippen LogP contribution in [-0.4, -0.2) is 24.3 Å². The van der Waals surface area contributed by atoms with Crippen LogP contribution in [0, 0.1) is 12.3 Å². The summed E-state index contributed by atoms with van der Waals surface area (Å²) in [6.45, 7) is 10.6. The minimum atomic E-state index is -3.11. The van der Waals surface area contributed by atoms with Gasteiger partial charge in [-0.15, -0.1) is 12.6 Å². The number of carbonyl (C=O) groups excluding carboxylic acids is 2. The lowest BCUT2D eigenvalue weighted by molar-refractivity contribution is -0.117. The first kappa shape index (κ1) is 36.1. The lowest BCUT2D eigenvalue weighted by Gasteiger charge is -2.19. The number of nitrogens with one attached hydrogen (secondary N) is 1. The molecule has 4 aromatic carbocycles. The van der Waals surface area contributed by atoms with E-state index in [-0.39, 0.29) is 17.1 Å². The van der Waals surface area contributed by atoms with Gasteiger partial charge in [-0.05, 0) is 82.8 Å². The van der Waals surface area contributed by atoms with Crippen LogP contribution in [-0.2, 0) is 21.8 Å². The number of amides is 1. The molecule has 0 aliphatic rings. The van der Waals surface area contributed by atoms with Gasteiger partial charge in [-0.25, -0.2) is 0 Å². The zero-order valence-electron chi connectivity index (χ0n) is 26.8. The normalized spacial score (nSPS) is 11.8. The summed E-state index contributed by atoms with van der Waals surface area (Å²) in [6.07, 6.45) is 6.19. The number of hydrogen-bond donors (Lipinski definition) is 1. The quantitative estimate of drug-likeness (QED) is 0.171. The Morgan fingerprint density at radius 1 is 0.870 bits per heavy atom. The molecule has 0 saturated heterocycles. The molecule has 1 amide bonds. The van der Waals surface area contributed by atoms with Gasteiger partial charge in [0.2, 0.25) is 5.91 Å². The average Bonchev–Trinajstić information content (AvgIpc) is 2.99. The van der Waals surface area contributed by atoms with Gasteiger partial charge in [0.05, 0.1) is 5.92 Å². The molecule has 4 rings (SSSR count). The Balaban J connectivity index is 0.00000136. The molecule has 240 valence electrons. The third-order valence-electron chi connectivity index (χ3n) is 7.28. The molecule has 4 aromatic rings. The molecule has 0 aliphatic heterocycles. The molecule has 0 radical (unpaired) electrons. The van der Waals surface area contributed by atoms with Crippen molar-refractivity contribution in [2.75, 3.05) is 5.32 Å². The van der Waals surface area contributed by atoms with E-state index in [1.807, 2.05) is 92.7 Å². The fourth-order valence-corrected chi connectivity index (χ4v) is 5.12.